The van der Waals surface area contributed by atoms with Crippen molar-refractivity contribution in [3.63, 3.8) is 0 Å². The van der Waals surface area contributed by atoms with E-state index in [0.717, 1.165) is 6.07 Å². The largest absolute Gasteiger partial charge is 0.490 e. The van der Waals surface area contributed by atoms with Crippen LogP contribution in [0.3, 0.4) is 0 Å². The normalized spacial score (nSPS) is 11.3. The molecule has 3 aromatic carbocycles. The summed E-state index contributed by atoms with van der Waals surface area (Å²) in [7, 11) is 1.50. The van der Waals surface area contributed by atoms with Crippen LogP contribution in [-0.4, -0.2) is 44.2 Å². The van der Waals surface area contributed by atoms with E-state index in [-0.39, 0.29) is 18.2 Å². The topological polar surface area (TPSA) is 118 Å². The standard InChI is InChI=1S/C27H24F6N4O5/c1-34-23(38)17-3-2-4-20(13-17)42-19-8-5-16(6-9-19)15-36-25(40)37-21-14-18(26(28,29)30)7-10-22(21)41-12-11-35-24(39)27(31,32)33/h2-10,13-14H,11-12,15H2,1H3,(H,34,38)(H,35,39)(H2,36,37,40). The van der Waals surface area contributed by atoms with Crippen LogP contribution in [0.5, 0.6) is 17.2 Å². The number of nitrogens with one attached hydrogen (secondary N) is 4. The van der Waals surface area contributed by atoms with Gasteiger partial charge in [-0.15, -0.1) is 0 Å². The van der Waals surface area contributed by atoms with Gasteiger partial charge in [0, 0.05) is 19.2 Å². The second-order valence-corrected chi connectivity index (χ2v) is 8.47. The molecule has 0 aliphatic rings. The maximum atomic E-state index is 13.2. The number of hydrogen-bond acceptors (Lipinski definition) is 5. The van der Waals surface area contributed by atoms with E-state index in [0.29, 0.717) is 34.8 Å². The van der Waals surface area contributed by atoms with Crippen molar-refractivity contribution in [3.8, 4) is 17.2 Å². The number of rotatable bonds is 10. The summed E-state index contributed by atoms with van der Waals surface area (Å²) in [6, 6.07) is 14.3. The molecule has 4 amide bonds. The maximum absolute atomic E-state index is 13.2. The highest BCUT2D eigenvalue weighted by Crippen LogP contribution is 2.35. The third kappa shape index (κ3) is 9.31. The third-order valence-corrected chi connectivity index (χ3v) is 5.39. The van der Waals surface area contributed by atoms with Gasteiger partial charge in [0.2, 0.25) is 0 Å². The van der Waals surface area contributed by atoms with Gasteiger partial charge in [0.25, 0.3) is 5.91 Å². The predicted octanol–water partition coefficient (Wildman–Crippen LogP) is 5.24. The van der Waals surface area contributed by atoms with Crippen molar-refractivity contribution in [2.24, 2.45) is 0 Å². The summed E-state index contributed by atoms with van der Waals surface area (Å²) in [5, 5.41) is 8.78. The zero-order valence-electron chi connectivity index (χ0n) is 21.8. The molecule has 0 heterocycles. The van der Waals surface area contributed by atoms with E-state index in [1.165, 1.54) is 7.05 Å². The molecule has 15 heteroatoms. The number of carbonyl (C=O) groups is 3. The number of anilines is 1. The second-order valence-electron chi connectivity index (χ2n) is 8.47. The molecule has 0 atom stereocenters. The molecule has 0 bridgehead atoms. The maximum Gasteiger partial charge on any atom is 0.471 e. The van der Waals surface area contributed by atoms with Crippen molar-refractivity contribution in [1.29, 1.82) is 0 Å². The van der Waals surface area contributed by atoms with Crippen LogP contribution in [0, 0.1) is 0 Å². The van der Waals surface area contributed by atoms with Crippen LogP contribution < -0.4 is 30.7 Å². The van der Waals surface area contributed by atoms with Gasteiger partial charge >= 0.3 is 24.3 Å². The average molecular weight is 599 g/mol. The van der Waals surface area contributed by atoms with Crippen LogP contribution in [0.15, 0.2) is 66.7 Å². The highest BCUT2D eigenvalue weighted by molar-refractivity contribution is 5.94. The minimum atomic E-state index is -5.10. The van der Waals surface area contributed by atoms with Gasteiger partial charge in [-0.05, 0) is 54.1 Å². The van der Waals surface area contributed by atoms with Crippen molar-refractivity contribution in [2.75, 3.05) is 25.5 Å². The zero-order valence-corrected chi connectivity index (χ0v) is 21.8. The number of ether oxygens (including phenoxy) is 2. The molecule has 3 rings (SSSR count). The Bertz CT molecular complexity index is 1410. The van der Waals surface area contributed by atoms with Crippen molar-refractivity contribution in [1.82, 2.24) is 16.0 Å². The Kier molecular flexibility index (Phi) is 10.2. The van der Waals surface area contributed by atoms with Crippen LogP contribution in [0.4, 0.5) is 36.8 Å². The summed E-state index contributed by atoms with van der Waals surface area (Å²) in [4.78, 5) is 35.1. The van der Waals surface area contributed by atoms with Crippen LogP contribution in [0.1, 0.15) is 21.5 Å². The van der Waals surface area contributed by atoms with E-state index in [4.69, 9.17) is 9.47 Å². The molecule has 0 saturated heterocycles. The van der Waals surface area contributed by atoms with Crippen LogP contribution in [-0.2, 0) is 17.5 Å². The molecular formula is C27H24F6N4O5. The quantitative estimate of drug-likeness (QED) is 0.188. The summed E-state index contributed by atoms with van der Waals surface area (Å²) in [5.74, 6) is -1.89. The number of benzene rings is 3. The monoisotopic (exact) mass is 598 g/mol. The lowest BCUT2D eigenvalue weighted by atomic mass is 10.1. The Morgan fingerprint density at radius 3 is 2.19 bits per heavy atom. The van der Waals surface area contributed by atoms with E-state index in [2.05, 4.69) is 16.0 Å². The van der Waals surface area contributed by atoms with Gasteiger partial charge in [-0.1, -0.05) is 18.2 Å². The minimum Gasteiger partial charge on any atom is -0.490 e. The molecule has 0 aromatic heterocycles. The van der Waals surface area contributed by atoms with Gasteiger partial charge in [-0.2, -0.15) is 26.3 Å². The number of alkyl halides is 6. The van der Waals surface area contributed by atoms with Gasteiger partial charge in [0.1, 0.15) is 23.9 Å². The van der Waals surface area contributed by atoms with E-state index >= 15 is 0 Å². The highest BCUT2D eigenvalue weighted by atomic mass is 19.4. The molecule has 0 fully saturated rings. The lowest BCUT2D eigenvalue weighted by Crippen LogP contribution is -2.38. The van der Waals surface area contributed by atoms with Crippen LogP contribution >= 0.6 is 0 Å². The van der Waals surface area contributed by atoms with Crippen molar-refractivity contribution in [2.45, 2.75) is 18.9 Å². The fraction of sp³-hybridized carbons (Fsp3) is 0.222. The smallest absolute Gasteiger partial charge is 0.471 e. The summed E-state index contributed by atoms with van der Waals surface area (Å²) in [6.07, 6.45) is -9.86. The van der Waals surface area contributed by atoms with E-state index < -0.39 is 48.7 Å². The predicted molar refractivity (Wildman–Crippen MR) is 138 cm³/mol. The molecule has 3 aromatic rings. The van der Waals surface area contributed by atoms with Gasteiger partial charge < -0.3 is 30.7 Å². The fourth-order valence-corrected chi connectivity index (χ4v) is 3.36. The molecule has 42 heavy (non-hydrogen) atoms. The molecule has 224 valence electrons. The van der Waals surface area contributed by atoms with Crippen LogP contribution in [0.2, 0.25) is 0 Å². The Morgan fingerprint density at radius 2 is 1.55 bits per heavy atom. The third-order valence-electron chi connectivity index (χ3n) is 5.39. The van der Waals surface area contributed by atoms with Crippen molar-refractivity contribution < 1.29 is 50.2 Å². The minimum absolute atomic E-state index is 0.0309. The molecule has 4 N–H and O–H groups in total. The second kappa shape index (κ2) is 13.6. The van der Waals surface area contributed by atoms with Crippen LogP contribution in [0.25, 0.3) is 0 Å². The Morgan fingerprint density at radius 1 is 0.833 bits per heavy atom. The van der Waals surface area contributed by atoms with Gasteiger partial charge in [-0.25, -0.2) is 4.79 Å². The molecular weight excluding hydrogens is 574 g/mol. The molecule has 0 aliphatic carbocycles. The first kappa shape index (κ1) is 31.6. The first-order chi connectivity index (χ1) is 19.8. The fourth-order valence-electron chi connectivity index (χ4n) is 3.36. The molecule has 0 spiro atoms. The average Bonchev–Trinajstić information content (AvgIpc) is 2.94. The first-order valence-electron chi connectivity index (χ1n) is 12.1. The SMILES string of the molecule is CNC(=O)c1cccc(Oc2ccc(CNC(=O)Nc3cc(C(F)(F)F)ccc3OCCNC(=O)C(F)(F)F)cc2)c1. The molecule has 9 nitrogen and oxygen atoms in total. The van der Waals surface area contributed by atoms with E-state index in [1.54, 1.807) is 53.8 Å². The van der Waals surface area contributed by atoms with E-state index in [9.17, 15) is 40.7 Å². The zero-order chi connectivity index (χ0) is 30.9. The lowest BCUT2D eigenvalue weighted by Gasteiger charge is -2.16. The van der Waals surface area contributed by atoms with Gasteiger partial charge in [-0.3, -0.25) is 9.59 Å². The first-order valence-corrected chi connectivity index (χ1v) is 12.1. The number of amides is 4. The summed E-state index contributed by atoms with van der Waals surface area (Å²) in [6.45, 7) is -1.14. The molecule has 0 unspecified atom stereocenters. The van der Waals surface area contributed by atoms with Crippen molar-refractivity contribution >= 4 is 23.5 Å². The van der Waals surface area contributed by atoms with Gasteiger partial charge in [0.05, 0.1) is 17.8 Å². The molecule has 0 radical (unpaired) electrons. The summed E-state index contributed by atoms with van der Waals surface area (Å²) < 4.78 is 87.4. The molecule has 0 saturated carbocycles. The summed E-state index contributed by atoms with van der Waals surface area (Å²) in [5.41, 5.74) is -0.485. The molecule has 0 aliphatic heterocycles. The van der Waals surface area contributed by atoms with E-state index in [1.807, 2.05) is 0 Å². The number of halogens is 6. The summed E-state index contributed by atoms with van der Waals surface area (Å²) >= 11 is 0. The number of hydrogen-bond donors (Lipinski definition) is 4. The lowest BCUT2D eigenvalue weighted by molar-refractivity contribution is -0.173. The Hall–Kier alpha value is -4.95. The Labute approximate surface area is 235 Å². The highest BCUT2D eigenvalue weighted by Gasteiger charge is 2.38. The Balaban J connectivity index is 1.59. The number of urea groups is 1. The van der Waals surface area contributed by atoms with Gasteiger partial charge in [0.15, 0.2) is 0 Å². The van der Waals surface area contributed by atoms with Crippen molar-refractivity contribution in [3.05, 3.63) is 83.4 Å². The number of carbonyl (C=O) groups excluding carboxylic acids is 3.